The predicted molar refractivity (Wildman–Crippen MR) is 146 cm³/mol. The number of hydrogen-bond donors (Lipinski definition) is 1. The minimum Gasteiger partial charge on any atom is -0.450 e. The first-order valence-electron chi connectivity index (χ1n) is 12.6. The molecule has 2 heterocycles. The summed E-state index contributed by atoms with van der Waals surface area (Å²) in [4.78, 5) is 39.0. The van der Waals surface area contributed by atoms with Gasteiger partial charge in [0.05, 0.1) is 19.3 Å². The second-order valence-corrected chi connectivity index (χ2v) is 9.37. The van der Waals surface area contributed by atoms with Gasteiger partial charge >= 0.3 is 6.09 Å². The molecule has 0 saturated carbocycles. The van der Waals surface area contributed by atoms with Crippen molar-refractivity contribution in [3.63, 3.8) is 0 Å². The first-order chi connectivity index (χ1) is 18.3. The number of fused-ring (bicyclic) bond motifs is 1. The van der Waals surface area contributed by atoms with Crippen molar-refractivity contribution >= 4 is 29.5 Å². The Morgan fingerprint density at radius 2 is 1.92 bits per heavy atom. The highest BCUT2D eigenvalue weighted by Gasteiger charge is 2.28. The Labute approximate surface area is 223 Å². The summed E-state index contributed by atoms with van der Waals surface area (Å²) in [5.74, 6) is 1.05. The number of ether oxygens (including phenoxy) is 2. The molecule has 2 aromatic carbocycles. The molecule has 4 rings (SSSR count). The van der Waals surface area contributed by atoms with E-state index in [4.69, 9.17) is 15.2 Å². The van der Waals surface area contributed by atoms with Crippen LogP contribution in [0.5, 0.6) is 0 Å². The lowest BCUT2D eigenvalue weighted by Crippen LogP contribution is -2.33. The monoisotopic (exact) mass is 518 g/mol. The maximum absolute atomic E-state index is 13.6. The molecule has 3 aromatic rings. The zero-order valence-electron chi connectivity index (χ0n) is 22.0. The smallest absolute Gasteiger partial charge is 0.404 e. The summed E-state index contributed by atoms with van der Waals surface area (Å²) in [6.45, 7) is 1.74. The van der Waals surface area contributed by atoms with Crippen LogP contribution < -0.4 is 20.4 Å². The molecular weight excluding hydrogens is 484 g/mol. The molecule has 2 N–H and O–H groups in total. The number of carbonyl (C=O) groups excluding carboxylic acids is 2. The average molecular weight is 519 g/mol. The number of amides is 2. The number of rotatable bonds is 10. The van der Waals surface area contributed by atoms with E-state index in [-0.39, 0.29) is 18.6 Å². The van der Waals surface area contributed by atoms with Gasteiger partial charge in [-0.15, -0.1) is 0 Å². The van der Waals surface area contributed by atoms with Crippen molar-refractivity contribution in [3.05, 3.63) is 77.5 Å². The van der Waals surface area contributed by atoms with Gasteiger partial charge in [-0.05, 0) is 36.1 Å². The second-order valence-electron chi connectivity index (χ2n) is 9.37. The fourth-order valence-corrected chi connectivity index (χ4v) is 4.34. The fraction of sp³-hybridized carbons (Fsp3) is 0.357. The summed E-state index contributed by atoms with van der Waals surface area (Å²) >= 11 is 0. The molecule has 0 bridgehead atoms. The maximum atomic E-state index is 13.6. The molecule has 0 spiro atoms. The van der Waals surface area contributed by atoms with E-state index in [2.05, 4.69) is 9.97 Å². The van der Waals surface area contributed by atoms with Gasteiger partial charge in [0.25, 0.3) is 5.91 Å². The highest BCUT2D eigenvalue weighted by atomic mass is 16.5. The standard InChI is InChI=1S/C28H34N6O4/c1-32(2)28-30-18-23-25(31-28)33(3)14-15-34(26(23)35)22-12-7-9-20(17-22)19-38-24(13-8-16-37-27(29)36)21-10-5-4-6-11-21/h4-7,9-12,17-18,24H,8,13-16,19H2,1-3H3,(H2,29,36). The van der Waals surface area contributed by atoms with E-state index in [0.29, 0.717) is 49.9 Å². The Hall–Kier alpha value is -4.18. The highest BCUT2D eigenvalue weighted by Crippen LogP contribution is 2.29. The Morgan fingerprint density at radius 3 is 2.66 bits per heavy atom. The average Bonchev–Trinajstić information content (AvgIpc) is 3.04. The SMILES string of the molecule is CN(C)c1ncc2c(n1)N(C)CCN(c1cccc(COC(CCCOC(N)=O)c3ccccc3)c1)C2=O. The highest BCUT2D eigenvalue weighted by molar-refractivity contribution is 6.09. The molecule has 38 heavy (non-hydrogen) atoms. The number of hydrogen-bond acceptors (Lipinski definition) is 8. The third-order valence-corrected chi connectivity index (χ3v) is 6.35. The summed E-state index contributed by atoms with van der Waals surface area (Å²) in [5, 5.41) is 0. The van der Waals surface area contributed by atoms with Crippen LogP contribution in [0.25, 0.3) is 0 Å². The van der Waals surface area contributed by atoms with Gasteiger partial charge in [0.15, 0.2) is 0 Å². The third kappa shape index (κ3) is 6.57. The van der Waals surface area contributed by atoms with Crippen LogP contribution in [-0.2, 0) is 16.1 Å². The van der Waals surface area contributed by atoms with Gasteiger partial charge in [-0.1, -0.05) is 42.5 Å². The Balaban J connectivity index is 1.49. The molecule has 2 amide bonds. The Bertz CT molecular complexity index is 1250. The molecule has 1 atom stereocenters. The second kappa shape index (κ2) is 12.4. The van der Waals surface area contributed by atoms with E-state index in [9.17, 15) is 9.59 Å². The number of nitrogens with two attached hydrogens (primary N) is 1. The van der Waals surface area contributed by atoms with Crippen molar-refractivity contribution in [3.8, 4) is 0 Å². The van der Waals surface area contributed by atoms with Crippen LogP contribution in [0.1, 0.15) is 40.4 Å². The Kier molecular flexibility index (Phi) is 8.75. The predicted octanol–water partition coefficient (Wildman–Crippen LogP) is 3.77. The molecule has 1 aliphatic heterocycles. The molecule has 0 fully saturated rings. The minimum atomic E-state index is -0.777. The molecule has 1 aromatic heterocycles. The van der Waals surface area contributed by atoms with E-state index >= 15 is 0 Å². The lowest BCUT2D eigenvalue weighted by molar-refractivity contribution is 0.0287. The summed E-state index contributed by atoms with van der Waals surface area (Å²) in [6, 6.07) is 17.8. The van der Waals surface area contributed by atoms with Gasteiger partial charge in [0, 0.05) is 46.1 Å². The third-order valence-electron chi connectivity index (χ3n) is 6.35. The van der Waals surface area contributed by atoms with Crippen LogP contribution in [-0.4, -0.2) is 62.8 Å². The number of anilines is 3. The number of carbonyl (C=O) groups is 2. The molecule has 0 radical (unpaired) electrons. The van der Waals surface area contributed by atoms with Gasteiger partial charge in [-0.25, -0.2) is 9.78 Å². The topological polar surface area (TPSA) is 114 Å². The van der Waals surface area contributed by atoms with Crippen LogP contribution >= 0.6 is 0 Å². The maximum Gasteiger partial charge on any atom is 0.404 e. The minimum absolute atomic E-state index is 0.135. The van der Waals surface area contributed by atoms with Crippen LogP contribution in [0.3, 0.4) is 0 Å². The zero-order valence-corrected chi connectivity index (χ0v) is 22.0. The van der Waals surface area contributed by atoms with Gasteiger partial charge in [-0.3, -0.25) is 4.79 Å². The first kappa shape index (κ1) is 26.9. The van der Waals surface area contributed by atoms with Crippen molar-refractivity contribution in [1.82, 2.24) is 9.97 Å². The van der Waals surface area contributed by atoms with E-state index in [1.54, 1.807) is 11.1 Å². The van der Waals surface area contributed by atoms with Crippen molar-refractivity contribution in [2.75, 3.05) is 55.5 Å². The van der Waals surface area contributed by atoms with Crippen LogP contribution in [0.15, 0.2) is 60.8 Å². The fourth-order valence-electron chi connectivity index (χ4n) is 4.34. The van der Waals surface area contributed by atoms with Crippen LogP contribution in [0, 0.1) is 0 Å². The van der Waals surface area contributed by atoms with Gasteiger partial charge in [0.1, 0.15) is 11.4 Å². The molecule has 0 saturated heterocycles. The summed E-state index contributed by atoms with van der Waals surface area (Å²) < 4.78 is 11.2. The molecule has 200 valence electrons. The van der Waals surface area contributed by atoms with Gasteiger partial charge in [0.2, 0.25) is 5.95 Å². The first-order valence-corrected chi connectivity index (χ1v) is 12.6. The van der Waals surface area contributed by atoms with E-state index in [1.165, 1.54) is 0 Å². The normalized spacial score (nSPS) is 14.0. The molecular formula is C28H34N6O4. The molecule has 10 heteroatoms. The molecule has 0 aliphatic carbocycles. The summed E-state index contributed by atoms with van der Waals surface area (Å²) in [7, 11) is 5.68. The number of primary amides is 1. The molecule has 1 aliphatic rings. The summed E-state index contributed by atoms with van der Waals surface area (Å²) in [6.07, 6.45) is 1.93. The number of benzene rings is 2. The van der Waals surface area contributed by atoms with Gasteiger partial charge < -0.3 is 29.9 Å². The van der Waals surface area contributed by atoms with Crippen LogP contribution in [0.4, 0.5) is 22.2 Å². The van der Waals surface area contributed by atoms with Crippen molar-refractivity contribution in [2.24, 2.45) is 5.73 Å². The molecule has 10 nitrogen and oxygen atoms in total. The van der Waals surface area contributed by atoms with Gasteiger partial charge in [-0.2, -0.15) is 4.98 Å². The zero-order chi connectivity index (χ0) is 27.1. The van der Waals surface area contributed by atoms with E-state index in [1.807, 2.05) is 85.5 Å². The lowest BCUT2D eigenvalue weighted by atomic mass is 10.0. The Morgan fingerprint density at radius 1 is 1.13 bits per heavy atom. The van der Waals surface area contributed by atoms with Crippen molar-refractivity contribution in [2.45, 2.75) is 25.6 Å². The van der Waals surface area contributed by atoms with Crippen molar-refractivity contribution < 1.29 is 19.1 Å². The number of likely N-dealkylation sites (N-methyl/N-ethyl adjacent to an activating group) is 1. The summed E-state index contributed by atoms with van der Waals surface area (Å²) in [5.41, 5.74) is 8.32. The van der Waals surface area contributed by atoms with E-state index < -0.39 is 6.09 Å². The number of aromatic nitrogens is 2. The number of nitrogens with zero attached hydrogens (tertiary/aromatic N) is 5. The quantitative estimate of drug-likeness (QED) is 0.404. The van der Waals surface area contributed by atoms with Crippen LogP contribution in [0.2, 0.25) is 0 Å². The van der Waals surface area contributed by atoms with Crippen molar-refractivity contribution in [1.29, 1.82) is 0 Å². The lowest BCUT2D eigenvalue weighted by Gasteiger charge is -2.22. The molecule has 1 unspecified atom stereocenters. The largest absolute Gasteiger partial charge is 0.450 e. The van der Waals surface area contributed by atoms with E-state index in [0.717, 1.165) is 16.8 Å².